The van der Waals surface area contributed by atoms with Gasteiger partial charge in [0.15, 0.2) is 0 Å². The molecule has 0 aliphatic carbocycles. The number of nitrogens with zero attached hydrogens (tertiary/aromatic N) is 4. The van der Waals surface area contributed by atoms with Crippen molar-refractivity contribution in [2.24, 2.45) is 0 Å². The Labute approximate surface area is 299 Å². The Morgan fingerprint density at radius 3 is 2.20 bits per heavy atom. The fourth-order valence-electron chi connectivity index (χ4n) is 6.98. The van der Waals surface area contributed by atoms with E-state index >= 15 is 0 Å². The predicted octanol–water partition coefficient (Wildman–Crippen LogP) is 7.61. The van der Waals surface area contributed by atoms with E-state index in [1.807, 2.05) is 18.2 Å². The highest BCUT2D eigenvalue weighted by molar-refractivity contribution is 5.89. The minimum absolute atomic E-state index is 0.333. The van der Waals surface area contributed by atoms with Crippen LogP contribution in [0.4, 0.5) is 5.69 Å². The Morgan fingerprint density at radius 1 is 0.725 bits per heavy atom. The van der Waals surface area contributed by atoms with Crippen LogP contribution in [0, 0.1) is 5.41 Å². The number of esters is 1. The quantitative estimate of drug-likeness (QED) is 0.101. The standard InChI is InChI=1S/C43H45N5O3/c1-2-50-42(49)35-15-10-16-38(30-35)51-29-11-24-47-40-18-8-9-19-41(40)48(43(47)44)31-33-20-22-37(23-21-33)46-27-25-45(26-28-46)32-36-14-6-7-17-39(36)34-12-4-3-5-13-34/h3-10,12-23,30,44H,2,11,24-29,31-32H2,1H3. The summed E-state index contributed by atoms with van der Waals surface area (Å²) in [4.78, 5) is 17.1. The molecule has 1 aliphatic rings. The topological polar surface area (TPSA) is 75.7 Å². The number of benzene rings is 5. The first kappa shape index (κ1) is 33.9. The average Bonchev–Trinajstić information content (AvgIpc) is 3.44. The maximum Gasteiger partial charge on any atom is 0.338 e. The van der Waals surface area contributed by atoms with Gasteiger partial charge >= 0.3 is 5.97 Å². The van der Waals surface area contributed by atoms with Crippen molar-refractivity contribution in [2.75, 3.05) is 44.3 Å². The zero-order valence-corrected chi connectivity index (χ0v) is 29.2. The first-order chi connectivity index (χ1) is 25.1. The molecule has 8 nitrogen and oxygen atoms in total. The van der Waals surface area contributed by atoms with Gasteiger partial charge in [-0.3, -0.25) is 10.3 Å². The molecule has 1 N–H and O–H groups in total. The van der Waals surface area contributed by atoms with Crippen LogP contribution in [0.25, 0.3) is 22.2 Å². The van der Waals surface area contributed by atoms with Crippen LogP contribution in [0.1, 0.15) is 34.8 Å². The highest BCUT2D eigenvalue weighted by Gasteiger charge is 2.19. The number of carbonyl (C=O) groups excluding carboxylic acids is 1. The summed E-state index contributed by atoms with van der Waals surface area (Å²) >= 11 is 0. The number of hydrogen-bond donors (Lipinski definition) is 1. The summed E-state index contributed by atoms with van der Waals surface area (Å²) in [7, 11) is 0. The van der Waals surface area contributed by atoms with Gasteiger partial charge in [0.25, 0.3) is 0 Å². The summed E-state index contributed by atoms with van der Waals surface area (Å²) in [6, 6.07) is 43.6. The molecule has 1 aliphatic heterocycles. The van der Waals surface area contributed by atoms with Gasteiger partial charge in [0.1, 0.15) is 5.75 Å². The SMILES string of the molecule is CCOC(=O)c1cccc(OCCCn2c(=N)n(Cc3ccc(N4CCN(Cc5ccccc5-c5ccccc5)CC4)cc3)c3ccccc32)c1. The van der Waals surface area contributed by atoms with E-state index < -0.39 is 0 Å². The van der Waals surface area contributed by atoms with Gasteiger partial charge in [-0.2, -0.15) is 0 Å². The smallest absolute Gasteiger partial charge is 0.338 e. The second kappa shape index (κ2) is 16.0. The molecule has 0 bridgehead atoms. The molecule has 1 saturated heterocycles. The zero-order valence-electron chi connectivity index (χ0n) is 29.2. The van der Waals surface area contributed by atoms with Crippen molar-refractivity contribution in [3.63, 3.8) is 0 Å². The van der Waals surface area contributed by atoms with E-state index in [9.17, 15) is 4.79 Å². The largest absolute Gasteiger partial charge is 0.494 e. The molecule has 0 atom stereocenters. The van der Waals surface area contributed by atoms with Crippen LogP contribution in [0.2, 0.25) is 0 Å². The molecule has 5 aromatic carbocycles. The third-order valence-electron chi connectivity index (χ3n) is 9.63. The molecule has 0 unspecified atom stereocenters. The maximum absolute atomic E-state index is 12.1. The number of anilines is 1. The summed E-state index contributed by atoms with van der Waals surface area (Å²) in [5.41, 5.74) is 9.40. The highest BCUT2D eigenvalue weighted by atomic mass is 16.5. The van der Waals surface area contributed by atoms with Gasteiger partial charge in [0, 0.05) is 45.0 Å². The van der Waals surface area contributed by atoms with Gasteiger partial charge < -0.3 is 23.5 Å². The predicted molar refractivity (Wildman–Crippen MR) is 203 cm³/mol. The van der Waals surface area contributed by atoms with Gasteiger partial charge in [-0.15, -0.1) is 0 Å². The van der Waals surface area contributed by atoms with Crippen LogP contribution in [-0.4, -0.2) is 59.4 Å². The molecule has 6 aromatic rings. The number of aryl methyl sites for hydroxylation is 1. The Balaban J connectivity index is 0.955. The van der Waals surface area contributed by atoms with Crippen LogP contribution >= 0.6 is 0 Å². The van der Waals surface area contributed by atoms with E-state index in [1.165, 1.54) is 27.9 Å². The number of aromatic nitrogens is 2. The van der Waals surface area contributed by atoms with Crippen molar-refractivity contribution in [3.05, 3.63) is 150 Å². The van der Waals surface area contributed by atoms with Crippen LogP contribution in [0.15, 0.2) is 127 Å². The monoisotopic (exact) mass is 679 g/mol. The first-order valence-electron chi connectivity index (χ1n) is 17.9. The summed E-state index contributed by atoms with van der Waals surface area (Å²) in [5, 5.41) is 9.12. The Morgan fingerprint density at radius 2 is 1.43 bits per heavy atom. The van der Waals surface area contributed by atoms with E-state index in [-0.39, 0.29) is 5.97 Å². The van der Waals surface area contributed by atoms with Gasteiger partial charge in [-0.1, -0.05) is 84.9 Å². The Kier molecular flexibility index (Phi) is 10.6. The molecule has 0 amide bonds. The molecule has 51 heavy (non-hydrogen) atoms. The minimum Gasteiger partial charge on any atom is -0.494 e. The lowest BCUT2D eigenvalue weighted by molar-refractivity contribution is 0.0526. The molecular formula is C43H45N5O3. The number of rotatable bonds is 13. The molecule has 8 heteroatoms. The number of piperazine rings is 1. The zero-order chi connectivity index (χ0) is 35.0. The lowest BCUT2D eigenvalue weighted by Gasteiger charge is -2.36. The number of nitrogens with one attached hydrogen (secondary N) is 1. The maximum atomic E-state index is 12.1. The average molecular weight is 680 g/mol. The third-order valence-corrected chi connectivity index (χ3v) is 9.63. The van der Waals surface area contributed by atoms with Gasteiger partial charge in [-0.25, -0.2) is 4.79 Å². The molecule has 7 rings (SSSR count). The van der Waals surface area contributed by atoms with E-state index in [4.69, 9.17) is 14.9 Å². The van der Waals surface area contributed by atoms with Crippen LogP contribution in [0.5, 0.6) is 5.75 Å². The van der Waals surface area contributed by atoms with Gasteiger partial charge in [-0.05, 0) is 78.1 Å². The van der Waals surface area contributed by atoms with Gasteiger partial charge in [0.05, 0.1) is 36.4 Å². The highest BCUT2D eigenvalue weighted by Crippen LogP contribution is 2.26. The molecule has 0 spiro atoms. The minimum atomic E-state index is -0.352. The lowest BCUT2D eigenvalue weighted by atomic mass is 9.99. The van der Waals surface area contributed by atoms with Crippen molar-refractivity contribution >= 4 is 22.7 Å². The van der Waals surface area contributed by atoms with Crippen molar-refractivity contribution in [3.8, 4) is 16.9 Å². The Hall–Kier alpha value is -5.60. The molecule has 0 radical (unpaired) electrons. The normalized spacial score (nSPS) is 13.4. The van der Waals surface area contributed by atoms with E-state index in [1.54, 1.807) is 25.1 Å². The molecule has 0 saturated carbocycles. The van der Waals surface area contributed by atoms with Crippen LogP contribution < -0.4 is 15.3 Å². The number of imidazole rings is 1. The second-order valence-electron chi connectivity index (χ2n) is 13.0. The van der Waals surface area contributed by atoms with Crippen LogP contribution in [-0.2, 0) is 24.4 Å². The van der Waals surface area contributed by atoms with E-state index in [0.29, 0.717) is 43.2 Å². The molecule has 2 heterocycles. The lowest BCUT2D eigenvalue weighted by Crippen LogP contribution is -2.46. The van der Waals surface area contributed by atoms with E-state index in [2.05, 4.69) is 110 Å². The second-order valence-corrected chi connectivity index (χ2v) is 13.0. The number of carbonyl (C=O) groups is 1. The van der Waals surface area contributed by atoms with Crippen molar-refractivity contribution in [2.45, 2.75) is 33.0 Å². The first-order valence-corrected chi connectivity index (χ1v) is 17.9. The summed E-state index contributed by atoms with van der Waals surface area (Å²) in [6.07, 6.45) is 0.718. The third kappa shape index (κ3) is 7.92. The summed E-state index contributed by atoms with van der Waals surface area (Å²) < 4.78 is 15.2. The summed E-state index contributed by atoms with van der Waals surface area (Å²) in [5.74, 6) is 0.282. The number of para-hydroxylation sites is 2. The van der Waals surface area contributed by atoms with Crippen LogP contribution in [0.3, 0.4) is 0 Å². The van der Waals surface area contributed by atoms with Crippen molar-refractivity contribution in [1.82, 2.24) is 14.0 Å². The molecule has 1 aromatic heterocycles. The number of ether oxygens (including phenoxy) is 2. The molecule has 1 fully saturated rings. The summed E-state index contributed by atoms with van der Waals surface area (Å²) in [6.45, 7) is 8.84. The van der Waals surface area contributed by atoms with E-state index in [0.717, 1.165) is 50.2 Å². The number of hydrogen-bond acceptors (Lipinski definition) is 6. The fourth-order valence-corrected chi connectivity index (χ4v) is 6.98. The van der Waals surface area contributed by atoms with Gasteiger partial charge in [0.2, 0.25) is 5.62 Å². The van der Waals surface area contributed by atoms with Crippen molar-refractivity contribution in [1.29, 1.82) is 5.41 Å². The molecular weight excluding hydrogens is 635 g/mol. The number of fused-ring (bicyclic) bond motifs is 1. The fraction of sp³-hybridized carbons (Fsp3) is 0.256. The Bertz CT molecular complexity index is 2130. The molecule has 260 valence electrons. The van der Waals surface area contributed by atoms with Crippen molar-refractivity contribution < 1.29 is 14.3 Å².